The van der Waals surface area contributed by atoms with Gasteiger partial charge in [0.05, 0.1) is 11.4 Å². The summed E-state index contributed by atoms with van der Waals surface area (Å²) in [7, 11) is 0. The van der Waals surface area contributed by atoms with E-state index in [1.807, 2.05) is 72.2 Å². The Kier molecular flexibility index (Phi) is 7.59. The number of amides is 1. The van der Waals surface area contributed by atoms with Crippen molar-refractivity contribution in [2.45, 2.75) is 25.9 Å². The number of thioether (sulfide) groups is 1. The highest BCUT2D eigenvalue weighted by Crippen LogP contribution is 2.29. The largest absolute Gasteiger partial charge is 0.372 e. The number of pyridine rings is 1. The average Bonchev–Trinajstić information content (AvgIpc) is 3.29. The molecule has 4 rings (SSSR count). The van der Waals surface area contributed by atoms with Gasteiger partial charge >= 0.3 is 0 Å². The van der Waals surface area contributed by atoms with Crippen LogP contribution >= 0.6 is 11.8 Å². The van der Waals surface area contributed by atoms with E-state index in [1.54, 1.807) is 12.4 Å². The Morgan fingerprint density at radius 3 is 2.44 bits per heavy atom. The number of anilines is 2. The van der Waals surface area contributed by atoms with Crippen LogP contribution in [0.5, 0.6) is 0 Å². The molecule has 0 bridgehead atoms. The SMILES string of the molecule is CCN(CC)c1ccc(NC(=O)CSc2nnc(-c3cccnc3)n2-c2ccccc2C)cc1. The fourth-order valence-corrected chi connectivity index (χ4v) is 4.49. The van der Waals surface area contributed by atoms with E-state index in [4.69, 9.17) is 0 Å². The van der Waals surface area contributed by atoms with Crippen molar-refractivity contribution in [3.05, 3.63) is 78.6 Å². The van der Waals surface area contributed by atoms with Gasteiger partial charge in [-0.25, -0.2) is 0 Å². The molecule has 0 aliphatic carbocycles. The highest BCUT2D eigenvalue weighted by atomic mass is 32.2. The van der Waals surface area contributed by atoms with Crippen molar-refractivity contribution in [1.82, 2.24) is 19.7 Å². The standard InChI is InChI=1S/C26H28N6OS/c1-4-31(5-2)22-14-12-21(13-15-22)28-24(33)18-34-26-30-29-25(20-10-8-16-27-17-20)32(26)23-11-7-6-9-19(23)3/h6-17H,4-5,18H2,1-3H3,(H,28,33). The number of nitrogens with one attached hydrogen (secondary N) is 1. The van der Waals surface area contributed by atoms with Gasteiger partial charge in [0.15, 0.2) is 11.0 Å². The highest BCUT2D eigenvalue weighted by molar-refractivity contribution is 7.99. The molecule has 0 aliphatic rings. The molecule has 0 atom stereocenters. The molecule has 4 aromatic rings. The zero-order valence-electron chi connectivity index (χ0n) is 19.6. The first kappa shape index (κ1) is 23.5. The minimum atomic E-state index is -0.0946. The summed E-state index contributed by atoms with van der Waals surface area (Å²) >= 11 is 1.36. The topological polar surface area (TPSA) is 75.9 Å². The maximum atomic E-state index is 12.7. The van der Waals surface area contributed by atoms with Gasteiger partial charge in [-0.3, -0.25) is 14.3 Å². The second kappa shape index (κ2) is 11.0. The summed E-state index contributed by atoms with van der Waals surface area (Å²) in [5.74, 6) is 0.814. The van der Waals surface area contributed by atoms with Crippen LogP contribution in [-0.4, -0.2) is 44.5 Å². The van der Waals surface area contributed by atoms with Crippen molar-refractivity contribution in [2.24, 2.45) is 0 Å². The zero-order chi connectivity index (χ0) is 23.9. The molecule has 0 unspecified atom stereocenters. The molecule has 1 amide bonds. The Labute approximate surface area is 204 Å². The molecule has 0 radical (unpaired) electrons. The number of benzene rings is 2. The van der Waals surface area contributed by atoms with Gasteiger partial charge in [-0.1, -0.05) is 30.0 Å². The van der Waals surface area contributed by atoms with Crippen molar-refractivity contribution in [2.75, 3.05) is 29.1 Å². The highest BCUT2D eigenvalue weighted by Gasteiger charge is 2.18. The smallest absolute Gasteiger partial charge is 0.234 e. The van der Waals surface area contributed by atoms with Gasteiger partial charge in [-0.05, 0) is 68.8 Å². The molecule has 0 spiro atoms. The summed E-state index contributed by atoms with van der Waals surface area (Å²) in [6.45, 7) is 8.20. The maximum Gasteiger partial charge on any atom is 0.234 e. The summed E-state index contributed by atoms with van der Waals surface area (Å²) in [4.78, 5) is 19.2. The van der Waals surface area contributed by atoms with Crippen LogP contribution in [0.25, 0.3) is 17.1 Å². The Bertz CT molecular complexity index is 1240. The van der Waals surface area contributed by atoms with E-state index in [2.05, 4.69) is 39.2 Å². The van der Waals surface area contributed by atoms with Crippen LogP contribution in [0.2, 0.25) is 0 Å². The first-order chi connectivity index (χ1) is 16.6. The number of nitrogens with zero attached hydrogens (tertiary/aromatic N) is 5. The van der Waals surface area contributed by atoms with Crippen molar-refractivity contribution >= 4 is 29.0 Å². The van der Waals surface area contributed by atoms with Crippen LogP contribution in [0.4, 0.5) is 11.4 Å². The number of carbonyl (C=O) groups excluding carboxylic acids is 1. The maximum absolute atomic E-state index is 12.7. The van der Waals surface area contributed by atoms with Crippen molar-refractivity contribution in [3.8, 4) is 17.1 Å². The minimum Gasteiger partial charge on any atom is -0.372 e. The normalized spacial score (nSPS) is 10.8. The van der Waals surface area contributed by atoms with Gasteiger partial charge in [0, 0.05) is 42.4 Å². The van der Waals surface area contributed by atoms with Crippen LogP contribution in [0, 0.1) is 6.92 Å². The van der Waals surface area contributed by atoms with Crippen LogP contribution in [0.1, 0.15) is 19.4 Å². The van der Waals surface area contributed by atoms with E-state index in [0.717, 1.165) is 41.3 Å². The van der Waals surface area contributed by atoms with Gasteiger partial charge in [-0.2, -0.15) is 0 Å². The van der Waals surface area contributed by atoms with Crippen molar-refractivity contribution in [1.29, 1.82) is 0 Å². The summed E-state index contributed by atoms with van der Waals surface area (Å²) in [5.41, 5.74) is 4.85. The average molecular weight is 473 g/mol. The molecule has 2 heterocycles. The Hall–Kier alpha value is -3.65. The molecule has 34 heavy (non-hydrogen) atoms. The molecule has 0 saturated carbocycles. The van der Waals surface area contributed by atoms with Crippen molar-refractivity contribution < 1.29 is 4.79 Å². The van der Waals surface area contributed by atoms with Crippen LogP contribution in [0.15, 0.2) is 78.2 Å². The van der Waals surface area contributed by atoms with E-state index in [1.165, 1.54) is 11.8 Å². The molecule has 0 saturated heterocycles. The third kappa shape index (κ3) is 5.28. The molecular formula is C26H28N6OS. The third-order valence-corrected chi connectivity index (χ3v) is 6.45. The Morgan fingerprint density at radius 2 is 1.76 bits per heavy atom. The number of rotatable bonds is 9. The molecule has 7 nitrogen and oxygen atoms in total. The number of hydrogen-bond donors (Lipinski definition) is 1. The number of hydrogen-bond acceptors (Lipinski definition) is 6. The number of aryl methyl sites for hydroxylation is 1. The summed E-state index contributed by atoms with van der Waals surface area (Å²) in [6.07, 6.45) is 3.49. The fourth-order valence-electron chi connectivity index (χ4n) is 3.75. The quantitative estimate of drug-likeness (QED) is 0.337. The Morgan fingerprint density at radius 1 is 1.00 bits per heavy atom. The fraction of sp³-hybridized carbons (Fsp3) is 0.231. The lowest BCUT2D eigenvalue weighted by Gasteiger charge is -2.21. The third-order valence-electron chi connectivity index (χ3n) is 5.52. The lowest BCUT2D eigenvalue weighted by atomic mass is 10.2. The van der Waals surface area contributed by atoms with Crippen LogP contribution < -0.4 is 10.2 Å². The first-order valence-corrected chi connectivity index (χ1v) is 12.3. The van der Waals surface area contributed by atoms with E-state index < -0.39 is 0 Å². The molecule has 8 heteroatoms. The summed E-state index contributed by atoms with van der Waals surface area (Å²) in [5, 5.41) is 12.5. The van der Waals surface area contributed by atoms with Gasteiger partial charge < -0.3 is 10.2 Å². The zero-order valence-corrected chi connectivity index (χ0v) is 20.4. The molecular weight excluding hydrogens is 444 g/mol. The lowest BCUT2D eigenvalue weighted by molar-refractivity contribution is -0.113. The van der Waals surface area contributed by atoms with E-state index in [0.29, 0.717) is 11.0 Å². The molecule has 2 aromatic heterocycles. The second-order valence-electron chi connectivity index (χ2n) is 7.73. The van der Waals surface area contributed by atoms with Gasteiger partial charge in [0.25, 0.3) is 0 Å². The van der Waals surface area contributed by atoms with Crippen LogP contribution in [-0.2, 0) is 4.79 Å². The van der Waals surface area contributed by atoms with E-state index in [9.17, 15) is 4.79 Å². The second-order valence-corrected chi connectivity index (χ2v) is 8.67. The van der Waals surface area contributed by atoms with Gasteiger partial charge in [0.2, 0.25) is 5.91 Å². The number of carbonyl (C=O) groups is 1. The number of para-hydroxylation sites is 1. The van der Waals surface area contributed by atoms with Gasteiger partial charge in [0.1, 0.15) is 0 Å². The predicted molar refractivity (Wildman–Crippen MR) is 139 cm³/mol. The summed E-state index contributed by atoms with van der Waals surface area (Å²) in [6, 6.07) is 19.8. The predicted octanol–water partition coefficient (Wildman–Crippen LogP) is 5.21. The molecule has 0 aliphatic heterocycles. The molecule has 2 aromatic carbocycles. The molecule has 174 valence electrons. The lowest BCUT2D eigenvalue weighted by Crippen LogP contribution is -2.21. The molecule has 0 fully saturated rings. The van der Waals surface area contributed by atoms with E-state index in [-0.39, 0.29) is 11.7 Å². The first-order valence-electron chi connectivity index (χ1n) is 11.3. The van der Waals surface area contributed by atoms with Crippen LogP contribution in [0.3, 0.4) is 0 Å². The number of aromatic nitrogens is 4. The minimum absolute atomic E-state index is 0.0946. The molecule has 1 N–H and O–H groups in total. The van der Waals surface area contributed by atoms with Crippen molar-refractivity contribution in [3.63, 3.8) is 0 Å². The Balaban J connectivity index is 1.51. The van der Waals surface area contributed by atoms with Gasteiger partial charge in [-0.15, -0.1) is 10.2 Å². The monoisotopic (exact) mass is 472 g/mol. The summed E-state index contributed by atoms with van der Waals surface area (Å²) < 4.78 is 1.99. The van der Waals surface area contributed by atoms with E-state index >= 15 is 0 Å².